The fraction of sp³-hybridized carbons (Fsp3) is 0.760. The van der Waals surface area contributed by atoms with E-state index in [1.54, 1.807) is 0 Å². The van der Waals surface area contributed by atoms with Gasteiger partial charge in [0.1, 0.15) is 61.9 Å². The molecule has 3 rings (SSSR count). The molecule has 0 aromatic rings. The van der Waals surface area contributed by atoms with E-state index in [-0.39, 0.29) is 12.5 Å². The van der Waals surface area contributed by atoms with E-state index in [0.717, 1.165) is 24.8 Å². The zero-order chi connectivity index (χ0) is 28.9. The molecule has 0 saturated carbocycles. The minimum atomic E-state index is -1.80. The van der Waals surface area contributed by atoms with Gasteiger partial charge in [0.15, 0.2) is 12.6 Å². The van der Waals surface area contributed by atoms with E-state index in [9.17, 15) is 40.2 Å². The maximum Gasteiger partial charge on any atom is 0.317 e. The lowest BCUT2D eigenvalue weighted by Crippen LogP contribution is -2.64. The average Bonchev–Trinajstić information content (AvgIpc) is 2.90. The summed E-state index contributed by atoms with van der Waals surface area (Å²) < 4.78 is 27.5. The molecule has 14 heteroatoms. The van der Waals surface area contributed by atoms with Crippen molar-refractivity contribution >= 4 is 11.9 Å². The van der Waals surface area contributed by atoms with E-state index in [1.807, 2.05) is 6.92 Å². The Morgan fingerprint density at radius 2 is 1.67 bits per heavy atom. The molecule has 1 aliphatic carbocycles. The lowest BCUT2D eigenvalue weighted by Gasteiger charge is -2.46. The number of aliphatic hydroxyl groups is 6. The standard InChI is InChI=1S/C25H38O14/c1-11-3-5-13(6-4-11)12(2)9-36-25-23(39-24-22(34)20(32)18(30)14(8-26)37-24)21(33)19(31)15(38-25)10-35-17(29)7-16(27)28/h3,13-15,18-26,30-34H,2,4-10H2,1H3,(H,27,28)/t13?,14-,15-,18-,19-,20+,21+,22-,23-,24+,25-/m1/s1. The van der Waals surface area contributed by atoms with Crippen LogP contribution in [0.25, 0.3) is 0 Å². The molecular formula is C25H38O14. The summed E-state index contributed by atoms with van der Waals surface area (Å²) in [6.07, 6.45) is -12.2. The van der Waals surface area contributed by atoms with Crippen LogP contribution < -0.4 is 0 Å². The van der Waals surface area contributed by atoms with Crippen molar-refractivity contribution in [2.45, 2.75) is 94.0 Å². The predicted molar refractivity (Wildman–Crippen MR) is 129 cm³/mol. The molecule has 14 nitrogen and oxygen atoms in total. The van der Waals surface area contributed by atoms with Crippen LogP contribution in [-0.2, 0) is 33.3 Å². The van der Waals surface area contributed by atoms with Gasteiger partial charge in [0.05, 0.1) is 13.2 Å². The van der Waals surface area contributed by atoms with Crippen LogP contribution in [0.4, 0.5) is 0 Å². The highest BCUT2D eigenvalue weighted by Crippen LogP contribution is 2.32. The van der Waals surface area contributed by atoms with Crippen molar-refractivity contribution < 1.29 is 69.0 Å². The molecule has 7 N–H and O–H groups in total. The maximum absolute atomic E-state index is 11.7. The van der Waals surface area contributed by atoms with Gasteiger partial charge in [0, 0.05) is 0 Å². The molecule has 0 bridgehead atoms. The molecule has 2 aliphatic heterocycles. The lowest BCUT2D eigenvalue weighted by molar-refractivity contribution is -0.366. The number of ether oxygens (including phenoxy) is 5. The molecule has 2 heterocycles. The van der Waals surface area contributed by atoms with Gasteiger partial charge in [0.25, 0.3) is 0 Å². The Morgan fingerprint density at radius 1 is 1.00 bits per heavy atom. The SMILES string of the molecule is C=C(CO[C@@H]1O[C@H](COC(=O)CC(=O)O)[C@@H](O)[C@H](O)[C@H]1O[C@@H]1O[C@H](CO)[C@@H](O)[C@H](O)[C@H]1O)C1CC=C(C)CC1. The van der Waals surface area contributed by atoms with Gasteiger partial charge >= 0.3 is 11.9 Å². The molecule has 1 unspecified atom stereocenters. The summed E-state index contributed by atoms with van der Waals surface area (Å²) in [7, 11) is 0. The number of carbonyl (C=O) groups is 2. The largest absolute Gasteiger partial charge is 0.481 e. The Hall–Kier alpha value is -1.98. The summed E-state index contributed by atoms with van der Waals surface area (Å²) in [5.41, 5.74) is 2.01. The van der Waals surface area contributed by atoms with Gasteiger partial charge in [-0.2, -0.15) is 0 Å². The normalized spacial score (nSPS) is 39.1. The third kappa shape index (κ3) is 8.04. The first-order valence-electron chi connectivity index (χ1n) is 12.7. The first kappa shape index (κ1) is 31.5. The summed E-state index contributed by atoms with van der Waals surface area (Å²) in [6, 6.07) is 0. The van der Waals surface area contributed by atoms with E-state index in [4.69, 9.17) is 28.8 Å². The summed E-state index contributed by atoms with van der Waals surface area (Å²) in [5, 5.41) is 70.2. The van der Waals surface area contributed by atoms with Crippen molar-refractivity contribution in [2.24, 2.45) is 5.92 Å². The molecule has 2 fully saturated rings. The van der Waals surface area contributed by atoms with Crippen molar-refractivity contribution in [3.63, 3.8) is 0 Å². The van der Waals surface area contributed by atoms with Crippen molar-refractivity contribution in [2.75, 3.05) is 19.8 Å². The first-order valence-corrected chi connectivity index (χ1v) is 12.7. The molecule has 39 heavy (non-hydrogen) atoms. The highest BCUT2D eigenvalue weighted by molar-refractivity contribution is 5.90. The van der Waals surface area contributed by atoms with Gasteiger partial charge in [-0.15, -0.1) is 0 Å². The molecule has 3 aliphatic rings. The monoisotopic (exact) mass is 562 g/mol. The number of rotatable bonds is 11. The molecule has 0 aromatic carbocycles. The summed E-state index contributed by atoms with van der Waals surface area (Å²) in [5.74, 6) is -2.37. The first-order chi connectivity index (χ1) is 18.4. The fourth-order valence-electron chi connectivity index (χ4n) is 4.65. The molecular weight excluding hydrogens is 524 g/mol. The average molecular weight is 563 g/mol. The number of allylic oxidation sites excluding steroid dienone is 2. The van der Waals surface area contributed by atoms with Crippen molar-refractivity contribution in [3.8, 4) is 0 Å². The Balaban J connectivity index is 1.73. The third-order valence-corrected chi connectivity index (χ3v) is 7.14. The van der Waals surface area contributed by atoms with Crippen LogP contribution >= 0.6 is 0 Å². The fourth-order valence-corrected chi connectivity index (χ4v) is 4.65. The Bertz CT molecular complexity index is 890. The number of aliphatic hydroxyl groups excluding tert-OH is 6. The highest BCUT2D eigenvalue weighted by Gasteiger charge is 2.51. The zero-order valence-corrected chi connectivity index (χ0v) is 21.6. The maximum atomic E-state index is 11.7. The molecule has 0 amide bonds. The lowest BCUT2D eigenvalue weighted by atomic mass is 9.85. The molecule has 0 radical (unpaired) electrons. The van der Waals surface area contributed by atoms with Gasteiger partial charge in [0.2, 0.25) is 0 Å². The van der Waals surface area contributed by atoms with Crippen LogP contribution in [0.1, 0.15) is 32.6 Å². The summed E-state index contributed by atoms with van der Waals surface area (Å²) in [4.78, 5) is 22.4. The van der Waals surface area contributed by atoms with Crippen LogP contribution in [0, 0.1) is 5.92 Å². The minimum Gasteiger partial charge on any atom is -0.481 e. The number of carboxylic acids is 1. The second-order valence-corrected chi connectivity index (χ2v) is 10.1. The number of hydrogen-bond acceptors (Lipinski definition) is 13. The van der Waals surface area contributed by atoms with Gasteiger partial charge in [-0.3, -0.25) is 9.59 Å². The van der Waals surface area contributed by atoms with E-state index in [1.165, 1.54) is 5.57 Å². The quantitative estimate of drug-likeness (QED) is 0.0819. The number of hydrogen-bond donors (Lipinski definition) is 7. The Morgan fingerprint density at radius 3 is 2.28 bits per heavy atom. The second-order valence-electron chi connectivity index (χ2n) is 10.1. The second kappa shape index (κ2) is 14.1. The van der Waals surface area contributed by atoms with Crippen molar-refractivity contribution in [1.29, 1.82) is 0 Å². The van der Waals surface area contributed by atoms with Gasteiger partial charge in [-0.1, -0.05) is 18.2 Å². The van der Waals surface area contributed by atoms with Gasteiger partial charge in [-0.25, -0.2) is 0 Å². The van der Waals surface area contributed by atoms with E-state index < -0.39 is 93.0 Å². The van der Waals surface area contributed by atoms with E-state index in [0.29, 0.717) is 0 Å². The zero-order valence-electron chi connectivity index (χ0n) is 21.6. The van der Waals surface area contributed by atoms with Crippen LogP contribution in [0.3, 0.4) is 0 Å². The Labute approximate surface area is 225 Å². The number of carbonyl (C=O) groups excluding carboxylic acids is 1. The molecule has 0 spiro atoms. The Kier molecular flexibility index (Phi) is 11.4. The molecule has 11 atom stereocenters. The topological polar surface area (TPSA) is 222 Å². The summed E-state index contributed by atoms with van der Waals surface area (Å²) in [6.45, 7) is 4.77. The minimum absolute atomic E-state index is 0.0366. The van der Waals surface area contributed by atoms with Gasteiger partial charge < -0.3 is 59.4 Å². The number of esters is 1. The number of carboxylic acid groups (broad SMARTS) is 1. The highest BCUT2D eigenvalue weighted by atomic mass is 16.8. The number of aliphatic carboxylic acids is 1. The smallest absolute Gasteiger partial charge is 0.317 e. The van der Waals surface area contributed by atoms with Crippen LogP contribution in [0.2, 0.25) is 0 Å². The molecule has 0 aromatic heterocycles. The van der Waals surface area contributed by atoms with E-state index >= 15 is 0 Å². The van der Waals surface area contributed by atoms with Crippen LogP contribution in [0.5, 0.6) is 0 Å². The van der Waals surface area contributed by atoms with Crippen molar-refractivity contribution in [3.05, 3.63) is 23.8 Å². The van der Waals surface area contributed by atoms with Crippen molar-refractivity contribution in [1.82, 2.24) is 0 Å². The van der Waals surface area contributed by atoms with Crippen LogP contribution in [-0.4, -0.2) is 129 Å². The van der Waals surface area contributed by atoms with Crippen LogP contribution in [0.15, 0.2) is 23.8 Å². The molecule has 2 saturated heterocycles. The van der Waals surface area contributed by atoms with E-state index in [2.05, 4.69) is 12.7 Å². The predicted octanol–water partition coefficient (Wildman–Crippen LogP) is -2.04. The third-order valence-electron chi connectivity index (χ3n) is 7.14. The van der Waals surface area contributed by atoms with Gasteiger partial charge in [-0.05, 0) is 37.7 Å². The molecule has 222 valence electrons. The summed E-state index contributed by atoms with van der Waals surface area (Å²) >= 11 is 0.